The number of rotatable bonds is 10. The molecule has 0 spiro atoms. The lowest BCUT2D eigenvalue weighted by Gasteiger charge is -2.24. The molecule has 0 bridgehead atoms. The Kier molecular flexibility index (Phi) is 8.16. The zero-order chi connectivity index (χ0) is 27.2. The lowest BCUT2D eigenvalue weighted by atomic mass is 10.1. The Bertz CT molecular complexity index is 1420. The third kappa shape index (κ3) is 6.61. The van der Waals surface area contributed by atoms with Gasteiger partial charge in [-0.05, 0) is 37.1 Å². The number of hydrogen-bond donors (Lipinski definition) is 2. The molecular weight excluding hydrogens is 498 g/mol. The van der Waals surface area contributed by atoms with E-state index in [2.05, 4.69) is 30.9 Å². The summed E-state index contributed by atoms with van der Waals surface area (Å²) in [5, 5.41) is 15.1. The normalized spacial score (nSPS) is 13.9. The number of ether oxygens (including phenoxy) is 3. The first kappa shape index (κ1) is 26.4. The highest BCUT2D eigenvalue weighted by atomic mass is 16.5. The highest BCUT2D eigenvalue weighted by molar-refractivity contribution is 5.97. The van der Waals surface area contributed by atoms with Gasteiger partial charge in [0.2, 0.25) is 5.91 Å². The molecule has 0 radical (unpaired) electrons. The molecule has 2 N–H and O–H groups in total. The van der Waals surface area contributed by atoms with Gasteiger partial charge in [-0.3, -0.25) is 4.79 Å². The van der Waals surface area contributed by atoms with Gasteiger partial charge >= 0.3 is 0 Å². The monoisotopic (exact) mass is 531 g/mol. The van der Waals surface area contributed by atoms with E-state index in [4.69, 9.17) is 14.2 Å². The van der Waals surface area contributed by atoms with Crippen LogP contribution in [0.2, 0.25) is 0 Å². The van der Waals surface area contributed by atoms with E-state index in [0.29, 0.717) is 42.8 Å². The predicted octanol–water partition coefficient (Wildman–Crippen LogP) is 4.68. The number of carbonyl (C=O) groups is 1. The van der Waals surface area contributed by atoms with Crippen molar-refractivity contribution in [2.24, 2.45) is 0 Å². The molecule has 2 aromatic carbocycles. The standard InChI is InChI=1S/C28H33N7O4/c1-4-38-25-14-22(39-21-9-11-37-12-10-21)13-23-27(25)28(30-17-29-23)32-20-7-5-19(6-8-20)31-26(36)16-35-15-24(18(2)3)33-34-35/h5-8,13-15,17-18,21H,4,9-12,16H2,1-3H3,(H,31,36)(H,29,30,32). The molecule has 5 rings (SSSR count). The van der Waals surface area contributed by atoms with Crippen molar-refractivity contribution in [1.29, 1.82) is 0 Å². The van der Waals surface area contributed by atoms with Crippen molar-refractivity contribution in [3.63, 3.8) is 0 Å². The van der Waals surface area contributed by atoms with E-state index in [1.807, 2.05) is 57.2 Å². The number of amides is 1. The molecule has 2 aromatic heterocycles. The largest absolute Gasteiger partial charge is 0.493 e. The van der Waals surface area contributed by atoms with Crippen LogP contribution in [0.1, 0.15) is 45.2 Å². The second kappa shape index (κ2) is 12.1. The number of hydrogen-bond acceptors (Lipinski definition) is 9. The van der Waals surface area contributed by atoms with Gasteiger partial charge in [0.1, 0.15) is 36.3 Å². The first-order chi connectivity index (χ1) is 19.0. The fraction of sp³-hybridized carbons (Fsp3) is 0.393. The van der Waals surface area contributed by atoms with E-state index >= 15 is 0 Å². The minimum atomic E-state index is -0.183. The number of nitrogens with one attached hydrogen (secondary N) is 2. The van der Waals surface area contributed by atoms with Crippen molar-refractivity contribution in [3.05, 3.63) is 54.6 Å². The van der Waals surface area contributed by atoms with Crippen LogP contribution in [-0.2, 0) is 16.1 Å². The molecule has 39 heavy (non-hydrogen) atoms. The zero-order valence-electron chi connectivity index (χ0n) is 22.4. The van der Waals surface area contributed by atoms with Crippen molar-refractivity contribution < 1.29 is 19.0 Å². The fourth-order valence-electron chi connectivity index (χ4n) is 4.32. The summed E-state index contributed by atoms with van der Waals surface area (Å²) in [7, 11) is 0. The van der Waals surface area contributed by atoms with Gasteiger partial charge in [-0.15, -0.1) is 5.10 Å². The maximum Gasteiger partial charge on any atom is 0.246 e. The van der Waals surface area contributed by atoms with Crippen LogP contribution in [0.5, 0.6) is 11.5 Å². The molecule has 0 aliphatic carbocycles. The number of anilines is 3. The van der Waals surface area contributed by atoms with Gasteiger partial charge in [0.25, 0.3) is 0 Å². The van der Waals surface area contributed by atoms with Crippen LogP contribution >= 0.6 is 0 Å². The molecule has 1 amide bonds. The number of carbonyl (C=O) groups excluding carboxylic acids is 1. The molecule has 3 heterocycles. The van der Waals surface area contributed by atoms with Crippen LogP contribution in [0.25, 0.3) is 10.9 Å². The van der Waals surface area contributed by atoms with Crippen molar-refractivity contribution in [3.8, 4) is 11.5 Å². The third-order valence-corrected chi connectivity index (χ3v) is 6.33. The summed E-state index contributed by atoms with van der Waals surface area (Å²) < 4.78 is 19.2. The SMILES string of the molecule is CCOc1cc(OC2CCOCC2)cc2ncnc(Nc3ccc(NC(=O)Cn4cc(C(C)C)nn4)cc3)c12. The molecule has 11 nitrogen and oxygen atoms in total. The van der Waals surface area contributed by atoms with Crippen LogP contribution in [0.15, 0.2) is 48.9 Å². The first-order valence-corrected chi connectivity index (χ1v) is 13.2. The van der Waals surface area contributed by atoms with Crippen LogP contribution in [-0.4, -0.2) is 56.8 Å². The molecule has 4 aromatic rings. The Hall–Kier alpha value is -4.25. The summed E-state index contributed by atoms with van der Waals surface area (Å²) in [6.07, 6.45) is 5.13. The van der Waals surface area contributed by atoms with Crippen LogP contribution < -0.4 is 20.1 Å². The van der Waals surface area contributed by atoms with Crippen LogP contribution in [0, 0.1) is 0 Å². The maximum atomic E-state index is 12.5. The third-order valence-electron chi connectivity index (χ3n) is 6.33. The molecule has 0 atom stereocenters. The van der Waals surface area contributed by atoms with Crippen molar-refractivity contribution in [2.75, 3.05) is 30.5 Å². The topological polar surface area (TPSA) is 125 Å². The summed E-state index contributed by atoms with van der Waals surface area (Å²) in [5.41, 5.74) is 3.05. The van der Waals surface area contributed by atoms with Crippen molar-refractivity contribution >= 4 is 34.0 Å². The minimum absolute atomic E-state index is 0.0904. The number of nitrogens with zero attached hydrogens (tertiary/aromatic N) is 5. The molecule has 1 saturated heterocycles. The maximum absolute atomic E-state index is 12.5. The van der Waals surface area contributed by atoms with Gasteiger partial charge in [-0.25, -0.2) is 14.6 Å². The van der Waals surface area contributed by atoms with E-state index < -0.39 is 0 Å². The predicted molar refractivity (Wildman–Crippen MR) is 148 cm³/mol. The average Bonchev–Trinajstić information content (AvgIpc) is 3.39. The van der Waals surface area contributed by atoms with E-state index in [-0.39, 0.29) is 24.5 Å². The van der Waals surface area contributed by atoms with Gasteiger partial charge in [-0.1, -0.05) is 19.1 Å². The number of benzene rings is 2. The van der Waals surface area contributed by atoms with Gasteiger partial charge in [0.05, 0.1) is 36.4 Å². The van der Waals surface area contributed by atoms with Gasteiger partial charge < -0.3 is 24.8 Å². The molecule has 204 valence electrons. The second-order valence-corrected chi connectivity index (χ2v) is 9.65. The Morgan fingerprint density at radius 2 is 1.90 bits per heavy atom. The fourth-order valence-corrected chi connectivity index (χ4v) is 4.32. The van der Waals surface area contributed by atoms with Crippen LogP contribution in [0.4, 0.5) is 17.2 Å². The first-order valence-electron chi connectivity index (χ1n) is 13.2. The summed E-state index contributed by atoms with van der Waals surface area (Å²) in [6.45, 7) is 8.00. The molecule has 1 aliphatic heterocycles. The quantitative estimate of drug-likeness (QED) is 0.300. The Labute approximate surface area is 226 Å². The minimum Gasteiger partial charge on any atom is -0.493 e. The Morgan fingerprint density at radius 1 is 1.13 bits per heavy atom. The highest BCUT2D eigenvalue weighted by Gasteiger charge is 2.18. The summed E-state index contributed by atoms with van der Waals surface area (Å²) in [5.74, 6) is 2.06. The Balaban J connectivity index is 1.29. The lowest BCUT2D eigenvalue weighted by Crippen LogP contribution is -2.25. The highest BCUT2D eigenvalue weighted by Crippen LogP contribution is 2.36. The van der Waals surface area contributed by atoms with E-state index in [9.17, 15) is 4.79 Å². The molecular formula is C28H33N7O4. The smallest absolute Gasteiger partial charge is 0.246 e. The summed E-state index contributed by atoms with van der Waals surface area (Å²) in [4.78, 5) is 21.4. The van der Waals surface area contributed by atoms with Crippen molar-refractivity contribution in [2.45, 2.75) is 52.2 Å². The molecule has 1 fully saturated rings. The van der Waals surface area contributed by atoms with E-state index in [0.717, 1.165) is 35.1 Å². The van der Waals surface area contributed by atoms with E-state index in [1.54, 1.807) is 6.20 Å². The number of fused-ring (bicyclic) bond motifs is 1. The van der Waals surface area contributed by atoms with Gasteiger partial charge in [0.15, 0.2) is 0 Å². The van der Waals surface area contributed by atoms with E-state index in [1.165, 1.54) is 11.0 Å². The van der Waals surface area contributed by atoms with Crippen molar-refractivity contribution in [1.82, 2.24) is 25.0 Å². The molecule has 1 aliphatic rings. The molecule has 0 unspecified atom stereocenters. The summed E-state index contributed by atoms with van der Waals surface area (Å²) in [6, 6.07) is 11.2. The lowest BCUT2D eigenvalue weighted by molar-refractivity contribution is -0.116. The molecule has 0 saturated carbocycles. The summed E-state index contributed by atoms with van der Waals surface area (Å²) >= 11 is 0. The Morgan fingerprint density at radius 3 is 2.62 bits per heavy atom. The molecule has 11 heteroatoms. The second-order valence-electron chi connectivity index (χ2n) is 9.65. The number of aromatic nitrogens is 5. The van der Waals surface area contributed by atoms with Gasteiger partial charge in [0, 0.05) is 42.5 Å². The van der Waals surface area contributed by atoms with Crippen LogP contribution in [0.3, 0.4) is 0 Å². The van der Waals surface area contributed by atoms with Gasteiger partial charge in [-0.2, -0.15) is 0 Å². The zero-order valence-corrected chi connectivity index (χ0v) is 22.4. The average molecular weight is 532 g/mol.